The van der Waals surface area contributed by atoms with E-state index >= 15 is 0 Å². The van der Waals surface area contributed by atoms with Crippen molar-refractivity contribution < 1.29 is 5.11 Å². The maximum atomic E-state index is 8.88. The van der Waals surface area contributed by atoms with Gasteiger partial charge in [0.25, 0.3) is 0 Å². The van der Waals surface area contributed by atoms with Crippen molar-refractivity contribution in [1.82, 2.24) is 5.32 Å². The van der Waals surface area contributed by atoms with Gasteiger partial charge < -0.3 is 10.4 Å². The second kappa shape index (κ2) is 8.39. The van der Waals surface area contributed by atoms with E-state index in [0.29, 0.717) is 12.6 Å². The van der Waals surface area contributed by atoms with Crippen molar-refractivity contribution in [3.05, 3.63) is 0 Å². The number of hydrogen-bond donors (Lipinski definition) is 2. The van der Waals surface area contributed by atoms with Gasteiger partial charge in [-0.2, -0.15) is 11.8 Å². The first-order chi connectivity index (χ1) is 8.19. The Labute approximate surface area is 111 Å². The first-order valence-electron chi connectivity index (χ1n) is 7.14. The Hall–Kier alpha value is 0.270. The lowest BCUT2D eigenvalue weighted by molar-refractivity contribution is 0.247. The molecule has 102 valence electrons. The number of thioether (sulfide) groups is 1. The summed E-state index contributed by atoms with van der Waals surface area (Å²) < 4.78 is 0. The third-order valence-corrected chi connectivity index (χ3v) is 5.35. The van der Waals surface area contributed by atoms with Crippen molar-refractivity contribution >= 4 is 11.8 Å². The lowest BCUT2D eigenvalue weighted by Crippen LogP contribution is -2.43. The van der Waals surface area contributed by atoms with Gasteiger partial charge in [0, 0.05) is 17.9 Å². The molecule has 3 heteroatoms. The standard InChI is InChI=1S/C14H29NOS/c1-4-15-13-7-6-12(11(2)3)10-14(13)17-9-5-8-16/h11-16H,4-10H2,1-3H3. The largest absolute Gasteiger partial charge is 0.396 e. The van der Waals surface area contributed by atoms with Gasteiger partial charge in [0.05, 0.1) is 0 Å². The van der Waals surface area contributed by atoms with Crippen LogP contribution in [0.25, 0.3) is 0 Å². The fourth-order valence-electron chi connectivity index (χ4n) is 2.74. The molecule has 0 amide bonds. The van der Waals surface area contributed by atoms with E-state index in [-0.39, 0.29) is 0 Å². The Bertz CT molecular complexity index is 199. The van der Waals surface area contributed by atoms with Crippen LogP contribution in [0.4, 0.5) is 0 Å². The van der Waals surface area contributed by atoms with E-state index in [1.807, 2.05) is 0 Å². The van der Waals surface area contributed by atoms with Crippen LogP contribution in [0.3, 0.4) is 0 Å². The molecule has 0 bridgehead atoms. The summed E-state index contributed by atoms with van der Waals surface area (Å²) in [5, 5.41) is 13.3. The molecule has 0 aromatic carbocycles. The average molecular weight is 259 g/mol. The van der Waals surface area contributed by atoms with Gasteiger partial charge in [-0.05, 0) is 49.8 Å². The molecule has 0 saturated heterocycles. The molecule has 17 heavy (non-hydrogen) atoms. The zero-order valence-corrected chi connectivity index (χ0v) is 12.4. The van der Waals surface area contributed by atoms with Gasteiger partial charge in [0.15, 0.2) is 0 Å². The molecular weight excluding hydrogens is 230 g/mol. The van der Waals surface area contributed by atoms with Crippen molar-refractivity contribution in [2.75, 3.05) is 18.9 Å². The summed E-state index contributed by atoms with van der Waals surface area (Å²) in [7, 11) is 0. The van der Waals surface area contributed by atoms with E-state index in [1.54, 1.807) is 0 Å². The van der Waals surface area contributed by atoms with Crippen LogP contribution in [0, 0.1) is 11.8 Å². The lowest BCUT2D eigenvalue weighted by atomic mass is 9.79. The molecule has 3 unspecified atom stereocenters. The number of aliphatic hydroxyl groups is 1. The fraction of sp³-hybridized carbons (Fsp3) is 1.00. The predicted molar refractivity (Wildman–Crippen MR) is 77.6 cm³/mol. The van der Waals surface area contributed by atoms with Crippen molar-refractivity contribution in [2.24, 2.45) is 11.8 Å². The summed E-state index contributed by atoms with van der Waals surface area (Å²) in [6, 6.07) is 0.693. The minimum atomic E-state index is 0.333. The summed E-state index contributed by atoms with van der Waals surface area (Å²) in [6.07, 6.45) is 5.00. The van der Waals surface area contributed by atoms with Gasteiger partial charge in [0.2, 0.25) is 0 Å². The summed E-state index contributed by atoms with van der Waals surface area (Å²) in [4.78, 5) is 0. The highest BCUT2D eigenvalue weighted by Gasteiger charge is 2.31. The average Bonchev–Trinajstić information content (AvgIpc) is 2.31. The maximum Gasteiger partial charge on any atom is 0.0438 e. The van der Waals surface area contributed by atoms with Gasteiger partial charge in [-0.15, -0.1) is 0 Å². The lowest BCUT2D eigenvalue weighted by Gasteiger charge is -2.38. The third-order valence-electron chi connectivity index (χ3n) is 3.88. The van der Waals surface area contributed by atoms with E-state index in [4.69, 9.17) is 5.11 Å². The smallest absolute Gasteiger partial charge is 0.0438 e. The predicted octanol–water partition coefficient (Wildman–Crippen LogP) is 2.90. The molecule has 0 aromatic heterocycles. The minimum Gasteiger partial charge on any atom is -0.396 e. The molecule has 1 aliphatic carbocycles. The fourth-order valence-corrected chi connectivity index (χ4v) is 4.19. The highest BCUT2D eigenvalue weighted by atomic mass is 32.2. The molecule has 2 nitrogen and oxygen atoms in total. The van der Waals surface area contributed by atoms with E-state index in [0.717, 1.165) is 35.8 Å². The van der Waals surface area contributed by atoms with E-state index < -0.39 is 0 Å². The van der Waals surface area contributed by atoms with Gasteiger partial charge in [-0.25, -0.2) is 0 Å². The first kappa shape index (κ1) is 15.3. The number of nitrogens with one attached hydrogen (secondary N) is 1. The topological polar surface area (TPSA) is 32.3 Å². The second-order valence-corrected chi connectivity index (χ2v) is 6.81. The highest BCUT2D eigenvalue weighted by molar-refractivity contribution is 7.99. The monoisotopic (exact) mass is 259 g/mol. The van der Waals surface area contributed by atoms with E-state index in [2.05, 4.69) is 37.8 Å². The SMILES string of the molecule is CCNC1CCC(C(C)C)CC1SCCCO. The van der Waals surface area contributed by atoms with Crippen LogP contribution < -0.4 is 5.32 Å². The van der Waals surface area contributed by atoms with Crippen LogP contribution in [-0.4, -0.2) is 35.3 Å². The molecule has 0 aliphatic heterocycles. The second-order valence-electron chi connectivity index (χ2n) is 5.47. The van der Waals surface area contributed by atoms with Crippen LogP contribution in [0.15, 0.2) is 0 Å². The molecule has 1 rings (SSSR count). The zero-order chi connectivity index (χ0) is 12.7. The van der Waals surface area contributed by atoms with Gasteiger partial charge in [-0.3, -0.25) is 0 Å². The summed E-state index contributed by atoms with van der Waals surface area (Å²) >= 11 is 2.07. The molecule has 3 atom stereocenters. The van der Waals surface area contributed by atoms with Crippen molar-refractivity contribution in [1.29, 1.82) is 0 Å². The van der Waals surface area contributed by atoms with Crippen molar-refractivity contribution in [2.45, 2.75) is 57.7 Å². The summed E-state index contributed by atoms with van der Waals surface area (Å²) in [5.41, 5.74) is 0. The molecule has 1 fully saturated rings. The van der Waals surface area contributed by atoms with Gasteiger partial charge >= 0.3 is 0 Å². The number of rotatable bonds is 7. The van der Waals surface area contributed by atoms with Crippen molar-refractivity contribution in [3.63, 3.8) is 0 Å². The Morgan fingerprint density at radius 2 is 2.12 bits per heavy atom. The van der Waals surface area contributed by atoms with E-state index in [1.165, 1.54) is 19.3 Å². The number of hydrogen-bond acceptors (Lipinski definition) is 3. The summed E-state index contributed by atoms with van der Waals surface area (Å²) in [6.45, 7) is 8.32. The molecule has 0 radical (unpaired) electrons. The van der Waals surface area contributed by atoms with Crippen LogP contribution >= 0.6 is 11.8 Å². The molecule has 0 aromatic rings. The van der Waals surface area contributed by atoms with Gasteiger partial charge in [-0.1, -0.05) is 20.8 Å². The van der Waals surface area contributed by atoms with Crippen molar-refractivity contribution in [3.8, 4) is 0 Å². The third kappa shape index (κ3) is 5.19. The maximum absolute atomic E-state index is 8.88. The molecule has 0 heterocycles. The Kier molecular flexibility index (Phi) is 7.56. The van der Waals surface area contributed by atoms with Crippen LogP contribution in [0.5, 0.6) is 0 Å². The van der Waals surface area contributed by atoms with Crippen LogP contribution in [0.1, 0.15) is 46.5 Å². The molecule has 1 saturated carbocycles. The first-order valence-corrected chi connectivity index (χ1v) is 8.19. The molecule has 2 N–H and O–H groups in total. The molecule has 1 aliphatic rings. The van der Waals surface area contributed by atoms with Gasteiger partial charge in [0.1, 0.15) is 0 Å². The molecular formula is C14H29NOS. The quantitative estimate of drug-likeness (QED) is 0.690. The Morgan fingerprint density at radius 3 is 2.71 bits per heavy atom. The van der Waals surface area contributed by atoms with Crippen LogP contribution in [-0.2, 0) is 0 Å². The minimum absolute atomic E-state index is 0.333. The van der Waals surface area contributed by atoms with Crippen LogP contribution in [0.2, 0.25) is 0 Å². The molecule has 0 spiro atoms. The van der Waals surface area contributed by atoms with E-state index in [9.17, 15) is 0 Å². The Balaban J connectivity index is 2.43. The zero-order valence-electron chi connectivity index (χ0n) is 11.6. The normalized spacial score (nSPS) is 29.8. The summed E-state index contributed by atoms with van der Waals surface area (Å²) in [5.74, 6) is 2.82. The number of aliphatic hydroxyl groups excluding tert-OH is 1. The Morgan fingerprint density at radius 1 is 1.35 bits per heavy atom. The highest BCUT2D eigenvalue weighted by Crippen LogP contribution is 2.36.